The Hall–Kier alpha value is -1.29. The molecule has 0 amide bonds. The van der Waals surface area contributed by atoms with Crippen molar-refractivity contribution in [3.63, 3.8) is 0 Å². The van der Waals surface area contributed by atoms with Gasteiger partial charge in [-0.2, -0.15) is 0 Å². The van der Waals surface area contributed by atoms with E-state index in [2.05, 4.69) is 22.5 Å². The standard InChI is InChI=1S/C10H9BrO3/c1-3-9(12)14-10-7(11)5-4-6-8(10)13-2/h3-6H,1H2,2H3. The van der Waals surface area contributed by atoms with E-state index in [9.17, 15) is 4.79 Å². The minimum absolute atomic E-state index is 0.361. The van der Waals surface area contributed by atoms with Crippen LogP contribution >= 0.6 is 15.9 Å². The number of halogens is 1. The molecule has 0 aromatic heterocycles. The summed E-state index contributed by atoms with van der Waals surface area (Å²) in [6.45, 7) is 3.31. The summed E-state index contributed by atoms with van der Waals surface area (Å²) in [5, 5.41) is 0. The number of esters is 1. The lowest BCUT2D eigenvalue weighted by Crippen LogP contribution is -2.04. The highest BCUT2D eigenvalue weighted by Gasteiger charge is 2.10. The Bertz CT molecular complexity index is 360. The second-order valence-electron chi connectivity index (χ2n) is 2.40. The van der Waals surface area contributed by atoms with Gasteiger partial charge in [0.2, 0.25) is 0 Å². The van der Waals surface area contributed by atoms with E-state index in [1.54, 1.807) is 18.2 Å². The van der Waals surface area contributed by atoms with Crippen LogP contribution in [0, 0.1) is 0 Å². The molecule has 0 N–H and O–H groups in total. The zero-order chi connectivity index (χ0) is 10.6. The molecule has 1 aromatic rings. The molecule has 0 spiro atoms. The van der Waals surface area contributed by atoms with Crippen molar-refractivity contribution in [3.8, 4) is 11.5 Å². The average molecular weight is 257 g/mol. The SMILES string of the molecule is C=CC(=O)Oc1c(Br)cccc1OC. The predicted octanol–water partition coefficient (Wildman–Crippen LogP) is 2.55. The molecule has 0 bridgehead atoms. The zero-order valence-electron chi connectivity index (χ0n) is 7.62. The number of rotatable bonds is 3. The summed E-state index contributed by atoms with van der Waals surface area (Å²) >= 11 is 3.25. The van der Waals surface area contributed by atoms with E-state index in [0.29, 0.717) is 16.0 Å². The monoisotopic (exact) mass is 256 g/mol. The molecule has 0 aliphatic rings. The first-order chi connectivity index (χ1) is 6.69. The highest BCUT2D eigenvalue weighted by atomic mass is 79.9. The molecule has 0 fully saturated rings. The normalized spacial score (nSPS) is 9.29. The molecule has 0 saturated heterocycles. The fourth-order valence-electron chi connectivity index (χ4n) is 0.891. The fourth-order valence-corrected chi connectivity index (χ4v) is 1.32. The molecule has 1 rings (SSSR count). The Labute approximate surface area is 90.5 Å². The van der Waals surface area contributed by atoms with Crippen LogP contribution in [0.1, 0.15) is 0 Å². The Morgan fingerprint density at radius 3 is 2.86 bits per heavy atom. The zero-order valence-corrected chi connectivity index (χ0v) is 9.21. The number of ether oxygens (including phenoxy) is 2. The van der Waals surface area contributed by atoms with Crippen LogP contribution in [0.2, 0.25) is 0 Å². The van der Waals surface area contributed by atoms with Gasteiger partial charge >= 0.3 is 5.97 Å². The van der Waals surface area contributed by atoms with Crippen LogP contribution in [-0.4, -0.2) is 13.1 Å². The van der Waals surface area contributed by atoms with Gasteiger partial charge < -0.3 is 9.47 Å². The van der Waals surface area contributed by atoms with Crippen molar-refractivity contribution in [3.05, 3.63) is 35.3 Å². The molecule has 0 unspecified atom stereocenters. The molecule has 0 saturated carbocycles. The van der Waals surface area contributed by atoms with Crippen molar-refractivity contribution in [2.75, 3.05) is 7.11 Å². The Kier molecular flexibility index (Phi) is 3.71. The molecule has 0 aliphatic carbocycles. The number of benzene rings is 1. The molecular weight excluding hydrogens is 248 g/mol. The van der Waals surface area contributed by atoms with E-state index >= 15 is 0 Å². The number of carbonyl (C=O) groups is 1. The Morgan fingerprint density at radius 1 is 1.57 bits per heavy atom. The number of hydrogen-bond donors (Lipinski definition) is 0. The van der Waals surface area contributed by atoms with Crippen LogP contribution in [0.25, 0.3) is 0 Å². The van der Waals surface area contributed by atoms with E-state index < -0.39 is 5.97 Å². The first kappa shape index (κ1) is 10.8. The lowest BCUT2D eigenvalue weighted by molar-refractivity contribution is -0.129. The van der Waals surface area contributed by atoms with Gasteiger partial charge in [0.05, 0.1) is 11.6 Å². The highest BCUT2D eigenvalue weighted by molar-refractivity contribution is 9.10. The summed E-state index contributed by atoms with van der Waals surface area (Å²) in [5.74, 6) is 0.338. The third kappa shape index (κ3) is 2.35. The smallest absolute Gasteiger partial charge is 0.335 e. The number of hydrogen-bond acceptors (Lipinski definition) is 3. The summed E-state index contributed by atoms with van der Waals surface area (Å²) in [6.07, 6.45) is 1.10. The summed E-state index contributed by atoms with van der Waals surface area (Å²) < 4.78 is 10.7. The maximum Gasteiger partial charge on any atom is 0.335 e. The van der Waals surface area contributed by atoms with Gasteiger partial charge in [0.1, 0.15) is 0 Å². The quantitative estimate of drug-likeness (QED) is 0.474. The number of methoxy groups -OCH3 is 1. The maximum absolute atomic E-state index is 11.0. The summed E-state index contributed by atoms with van der Waals surface area (Å²) in [4.78, 5) is 11.0. The largest absolute Gasteiger partial charge is 0.493 e. The predicted molar refractivity (Wildman–Crippen MR) is 56.5 cm³/mol. The summed E-state index contributed by atoms with van der Waals surface area (Å²) in [7, 11) is 1.51. The fraction of sp³-hybridized carbons (Fsp3) is 0.100. The average Bonchev–Trinajstić information content (AvgIpc) is 2.20. The van der Waals surface area contributed by atoms with Crippen molar-refractivity contribution in [2.24, 2.45) is 0 Å². The van der Waals surface area contributed by atoms with Crippen LogP contribution in [-0.2, 0) is 4.79 Å². The molecule has 0 atom stereocenters. The van der Waals surface area contributed by atoms with Crippen molar-refractivity contribution in [1.82, 2.24) is 0 Å². The van der Waals surface area contributed by atoms with E-state index in [-0.39, 0.29) is 0 Å². The van der Waals surface area contributed by atoms with Crippen molar-refractivity contribution in [2.45, 2.75) is 0 Å². The van der Waals surface area contributed by atoms with E-state index in [4.69, 9.17) is 9.47 Å². The Morgan fingerprint density at radius 2 is 2.29 bits per heavy atom. The van der Waals surface area contributed by atoms with Gasteiger partial charge in [-0.15, -0.1) is 0 Å². The van der Waals surface area contributed by atoms with Gasteiger partial charge in [0, 0.05) is 6.08 Å². The number of carbonyl (C=O) groups excluding carboxylic acids is 1. The number of para-hydroxylation sites is 1. The van der Waals surface area contributed by atoms with E-state index in [0.717, 1.165) is 6.08 Å². The second kappa shape index (κ2) is 4.81. The van der Waals surface area contributed by atoms with Gasteiger partial charge in [-0.3, -0.25) is 0 Å². The van der Waals surface area contributed by atoms with Crippen molar-refractivity contribution in [1.29, 1.82) is 0 Å². The maximum atomic E-state index is 11.0. The molecule has 0 heterocycles. The van der Waals surface area contributed by atoms with E-state index in [1.165, 1.54) is 7.11 Å². The van der Waals surface area contributed by atoms with Gasteiger partial charge in [0.25, 0.3) is 0 Å². The highest BCUT2D eigenvalue weighted by Crippen LogP contribution is 2.34. The summed E-state index contributed by atoms with van der Waals surface area (Å²) in [6, 6.07) is 5.25. The topological polar surface area (TPSA) is 35.5 Å². The molecule has 1 aromatic carbocycles. The molecule has 14 heavy (non-hydrogen) atoms. The van der Waals surface area contributed by atoms with Gasteiger partial charge in [0.15, 0.2) is 11.5 Å². The van der Waals surface area contributed by atoms with Crippen molar-refractivity contribution >= 4 is 21.9 Å². The minimum atomic E-state index is -0.518. The summed E-state index contributed by atoms with van der Waals surface area (Å²) in [5.41, 5.74) is 0. The molecule has 0 radical (unpaired) electrons. The van der Waals surface area contributed by atoms with Crippen molar-refractivity contribution < 1.29 is 14.3 Å². The first-order valence-electron chi connectivity index (χ1n) is 3.85. The minimum Gasteiger partial charge on any atom is -0.493 e. The lowest BCUT2D eigenvalue weighted by Gasteiger charge is -2.08. The first-order valence-corrected chi connectivity index (χ1v) is 4.65. The van der Waals surface area contributed by atoms with E-state index in [1.807, 2.05) is 0 Å². The van der Waals surface area contributed by atoms with Gasteiger partial charge in [-0.05, 0) is 28.1 Å². The van der Waals surface area contributed by atoms with Crippen LogP contribution in [0.5, 0.6) is 11.5 Å². The molecule has 0 aliphatic heterocycles. The lowest BCUT2D eigenvalue weighted by atomic mass is 10.3. The third-order valence-corrected chi connectivity index (χ3v) is 2.14. The molecule has 4 heteroatoms. The molecule has 3 nitrogen and oxygen atoms in total. The Balaban J connectivity index is 3.04. The third-order valence-electron chi connectivity index (χ3n) is 1.52. The van der Waals surface area contributed by atoms with Crippen LogP contribution in [0.4, 0.5) is 0 Å². The molecular formula is C10H9BrO3. The molecule has 74 valence electrons. The second-order valence-corrected chi connectivity index (χ2v) is 3.25. The van der Waals surface area contributed by atoms with Crippen LogP contribution in [0.3, 0.4) is 0 Å². The van der Waals surface area contributed by atoms with Crippen LogP contribution in [0.15, 0.2) is 35.3 Å². The van der Waals surface area contributed by atoms with Gasteiger partial charge in [-0.1, -0.05) is 12.6 Å². The van der Waals surface area contributed by atoms with Crippen LogP contribution < -0.4 is 9.47 Å². The van der Waals surface area contributed by atoms with Gasteiger partial charge in [-0.25, -0.2) is 4.79 Å².